The van der Waals surface area contributed by atoms with Crippen molar-refractivity contribution in [2.24, 2.45) is 0 Å². The highest BCUT2D eigenvalue weighted by Crippen LogP contribution is 2.54. The first kappa shape index (κ1) is 18.3. The summed E-state index contributed by atoms with van der Waals surface area (Å²) in [6.07, 6.45) is 0. The lowest BCUT2D eigenvalue weighted by molar-refractivity contribution is -0.159. The number of hydrogen-bond donors (Lipinski definition) is 0. The first-order valence-electron chi connectivity index (χ1n) is 6.46. The van der Waals surface area contributed by atoms with Gasteiger partial charge in [0.1, 0.15) is 6.07 Å². The Bertz CT molecular complexity index is 618. The zero-order valence-corrected chi connectivity index (χ0v) is 13.8. The topological polar surface area (TPSA) is 94.9 Å². The monoisotopic (exact) mass is 327 g/mol. The number of phosphoric acid groups is 1. The molecule has 0 radical (unpaired) electrons. The molecule has 1 aromatic carbocycles. The molecule has 0 aliphatic carbocycles. The summed E-state index contributed by atoms with van der Waals surface area (Å²) in [6.45, 7) is 3.31. The molecular formula is C14H18NO6P. The third-order valence-electron chi connectivity index (χ3n) is 2.94. The zero-order valence-electron chi connectivity index (χ0n) is 12.9. The van der Waals surface area contributed by atoms with Crippen LogP contribution >= 0.6 is 7.82 Å². The molecule has 8 heteroatoms. The Morgan fingerprint density at radius 2 is 1.91 bits per heavy atom. The Balaban J connectivity index is 3.51. The molecule has 0 fully saturated rings. The van der Waals surface area contributed by atoms with Gasteiger partial charge in [-0.05, 0) is 19.4 Å². The van der Waals surface area contributed by atoms with Gasteiger partial charge in [0.2, 0.25) is 0 Å². The van der Waals surface area contributed by atoms with Gasteiger partial charge < -0.3 is 4.74 Å². The van der Waals surface area contributed by atoms with Gasteiger partial charge in [-0.25, -0.2) is 13.9 Å². The van der Waals surface area contributed by atoms with Crippen LogP contribution in [-0.2, 0) is 33.3 Å². The molecule has 1 atom stereocenters. The van der Waals surface area contributed by atoms with Crippen LogP contribution in [0.2, 0.25) is 0 Å². The number of benzene rings is 1. The average molecular weight is 327 g/mol. The van der Waals surface area contributed by atoms with Crippen LogP contribution in [0.1, 0.15) is 18.1 Å². The molecule has 0 bridgehead atoms. The largest absolute Gasteiger partial charge is 0.476 e. The van der Waals surface area contributed by atoms with Crippen LogP contribution in [0.15, 0.2) is 24.3 Å². The van der Waals surface area contributed by atoms with Crippen molar-refractivity contribution in [3.05, 3.63) is 35.4 Å². The number of esters is 1. The second-order valence-corrected chi connectivity index (χ2v) is 6.04. The van der Waals surface area contributed by atoms with E-state index in [4.69, 9.17) is 9.26 Å². The fraction of sp³-hybridized carbons (Fsp3) is 0.429. The van der Waals surface area contributed by atoms with E-state index in [-0.39, 0.29) is 12.2 Å². The minimum Gasteiger partial charge on any atom is -0.463 e. The number of nitriles is 1. The summed E-state index contributed by atoms with van der Waals surface area (Å²) in [7, 11) is -1.92. The van der Waals surface area contributed by atoms with Crippen LogP contribution in [0.5, 0.6) is 0 Å². The molecule has 0 N–H and O–H groups in total. The van der Waals surface area contributed by atoms with E-state index in [2.05, 4.69) is 9.05 Å². The van der Waals surface area contributed by atoms with E-state index in [0.717, 1.165) is 14.2 Å². The molecule has 1 aromatic rings. The van der Waals surface area contributed by atoms with Crippen molar-refractivity contribution in [2.45, 2.75) is 19.4 Å². The molecule has 0 aromatic heterocycles. The van der Waals surface area contributed by atoms with E-state index >= 15 is 0 Å². The summed E-state index contributed by atoms with van der Waals surface area (Å²) in [4.78, 5) is 12.4. The number of aryl methyl sites for hydroxylation is 1. The van der Waals surface area contributed by atoms with E-state index < -0.39 is 19.4 Å². The van der Waals surface area contributed by atoms with Gasteiger partial charge in [0.05, 0.1) is 6.61 Å². The van der Waals surface area contributed by atoms with Gasteiger partial charge in [0.25, 0.3) is 5.60 Å². The van der Waals surface area contributed by atoms with Crippen LogP contribution < -0.4 is 0 Å². The maximum Gasteiger partial charge on any atom is 0.476 e. The second kappa shape index (κ2) is 7.52. The third kappa shape index (κ3) is 3.54. The highest BCUT2D eigenvalue weighted by Gasteiger charge is 2.51. The number of hydrogen-bond acceptors (Lipinski definition) is 7. The molecule has 1 rings (SSSR count). The molecule has 0 saturated heterocycles. The summed E-state index contributed by atoms with van der Waals surface area (Å²) in [5, 5.41) is 9.60. The number of nitrogens with zero attached hydrogens (tertiary/aromatic N) is 1. The van der Waals surface area contributed by atoms with Crippen LogP contribution in [-0.4, -0.2) is 26.8 Å². The van der Waals surface area contributed by atoms with Crippen molar-refractivity contribution in [3.63, 3.8) is 0 Å². The Labute approximate surface area is 129 Å². The van der Waals surface area contributed by atoms with Gasteiger partial charge in [-0.15, -0.1) is 0 Å². The van der Waals surface area contributed by atoms with Crippen molar-refractivity contribution in [1.29, 1.82) is 5.26 Å². The number of rotatable bonds is 7. The summed E-state index contributed by atoms with van der Waals surface area (Å²) < 4.78 is 31.8. The SMILES string of the molecule is CCOC(=O)C(C#N)(OP(=O)(OC)OC)c1ccccc1C. The minimum absolute atomic E-state index is 0.0295. The molecule has 1 unspecified atom stereocenters. The standard InChI is InChI=1S/C14H18NO6P/c1-5-20-13(16)14(10-15,21-22(17,18-3)19-4)12-9-7-6-8-11(12)2/h6-9H,5H2,1-4H3. The molecule has 0 amide bonds. The highest BCUT2D eigenvalue weighted by atomic mass is 31.2. The van der Waals surface area contributed by atoms with Crippen LogP contribution in [0.25, 0.3) is 0 Å². The van der Waals surface area contributed by atoms with E-state index in [0.29, 0.717) is 5.56 Å². The molecule has 0 heterocycles. The van der Waals surface area contributed by atoms with E-state index in [1.54, 1.807) is 38.1 Å². The number of phosphoric ester groups is 1. The first-order valence-corrected chi connectivity index (χ1v) is 7.92. The highest BCUT2D eigenvalue weighted by molar-refractivity contribution is 7.48. The zero-order chi connectivity index (χ0) is 16.8. The van der Waals surface area contributed by atoms with Crippen LogP contribution in [0.4, 0.5) is 0 Å². The molecule has 0 spiro atoms. The predicted molar refractivity (Wildman–Crippen MR) is 77.8 cm³/mol. The lowest BCUT2D eigenvalue weighted by atomic mass is 9.91. The fourth-order valence-electron chi connectivity index (χ4n) is 1.84. The van der Waals surface area contributed by atoms with Crippen molar-refractivity contribution >= 4 is 13.8 Å². The lowest BCUT2D eigenvalue weighted by Gasteiger charge is -2.28. The van der Waals surface area contributed by atoms with Gasteiger partial charge in [0.15, 0.2) is 0 Å². The number of carbonyl (C=O) groups excluding carboxylic acids is 1. The smallest absolute Gasteiger partial charge is 0.463 e. The van der Waals surface area contributed by atoms with E-state index in [1.807, 2.05) is 0 Å². The fourth-order valence-corrected chi connectivity index (χ4v) is 2.69. The van der Waals surface area contributed by atoms with Crippen molar-refractivity contribution in [3.8, 4) is 6.07 Å². The Hall–Kier alpha value is -1.71. The maximum absolute atomic E-state index is 12.4. The molecule has 120 valence electrons. The summed E-state index contributed by atoms with van der Waals surface area (Å²) in [5.41, 5.74) is -1.44. The first-order chi connectivity index (χ1) is 10.4. The predicted octanol–water partition coefficient (Wildman–Crippen LogP) is 2.69. The van der Waals surface area contributed by atoms with E-state index in [9.17, 15) is 14.6 Å². The third-order valence-corrected chi connectivity index (χ3v) is 4.33. The van der Waals surface area contributed by atoms with Gasteiger partial charge in [-0.1, -0.05) is 24.3 Å². The Morgan fingerprint density at radius 1 is 1.32 bits per heavy atom. The molecule has 22 heavy (non-hydrogen) atoms. The Kier molecular flexibility index (Phi) is 6.27. The summed E-state index contributed by atoms with van der Waals surface area (Å²) in [6, 6.07) is 8.32. The van der Waals surface area contributed by atoms with Crippen molar-refractivity contribution in [1.82, 2.24) is 0 Å². The number of ether oxygens (including phenoxy) is 1. The quantitative estimate of drug-likeness (QED) is 0.561. The van der Waals surface area contributed by atoms with Crippen LogP contribution in [0.3, 0.4) is 0 Å². The second-order valence-electron chi connectivity index (χ2n) is 4.23. The molecular weight excluding hydrogens is 309 g/mol. The molecule has 0 aliphatic rings. The van der Waals surface area contributed by atoms with Crippen molar-refractivity contribution in [2.75, 3.05) is 20.8 Å². The van der Waals surface area contributed by atoms with Crippen LogP contribution in [0, 0.1) is 18.3 Å². The van der Waals surface area contributed by atoms with E-state index in [1.165, 1.54) is 6.07 Å². The molecule has 0 aliphatic heterocycles. The van der Waals surface area contributed by atoms with Gasteiger partial charge >= 0.3 is 13.8 Å². The summed E-state index contributed by atoms with van der Waals surface area (Å²) in [5.74, 6) is -0.985. The lowest BCUT2D eigenvalue weighted by Crippen LogP contribution is -2.39. The maximum atomic E-state index is 12.4. The summed E-state index contributed by atoms with van der Waals surface area (Å²) >= 11 is 0. The van der Waals surface area contributed by atoms with Crippen molar-refractivity contribution < 1.29 is 27.7 Å². The van der Waals surface area contributed by atoms with Gasteiger partial charge in [-0.2, -0.15) is 5.26 Å². The molecule has 0 saturated carbocycles. The minimum atomic E-state index is -4.11. The number of carbonyl (C=O) groups is 1. The average Bonchev–Trinajstić information content (AvgIpc) is 2.53. The normalized spacial score (nSPS) is 14.0. The van der Waals surface area contributed by atoms with Gasteiger partial charge in [-0.3, -0.25) is 9.05 Å². The molecule has 7 nitrogen and oxygen atoms in total. The van der Waals surface area contributed by atoms with Gasteiger partial charge in [0, 0.05) is 19.8 Å². The Morgan fingerprint density at radius 3 is 2.36 bits per heavy atom.